The van der Waals surface area contributed by atoms with Crippen LogP contribution in [0.25, 0.3) is 16.0 Å². The molecule has 1 aromatic heterocycles. The van der Waals surface area contributed by atoms with Crippen LogP contribution >= 0.6 is 11.3 Å². The van der Waals surface area contributed by atoms with Crippen LogP contribution in [0.15, 0.2) is 72.3 Å². The van der Waals surface area contributed by atoms with Gasteiger partial charge in [0.25, 0.3) is 5.78 Å². The highest BCUT2D eigenvalue weighted by atomic mass is 32.1. The van der Waals surface area contributed by atoms with Gasteiger partial charge in [0.15, 0.2) is 5.13 Å². The number of carbonyl (C=O) groups is 2. The van der Waals surface area contributed by atoms with Gasteiger partial charge in [0.05, 0.1) is 28.4 Å². The number of amides is 1. The lowest BCUT2D eigenvalue weighted by molar-refractivity contribution is -0.132. The molecule has 0 radical (unpaired) electrons. The second kappa shape index (κ2) is 9.82. The number of aliphatic hydroxyl groups excluding tert-OH is 1. The molecule has 3 aromatic carbocycles. The fourth-order valence-corrected chi connectivity index (χ4v) is 5.65. The van der Waals surface area contributed by atoms with Crippen molar-refractivity contribution in [2.45, 2.75) is 39.7 Å². The molecule has 1 atom stereocenters. The van der Waals surface area contributed by atoms with Gasteiger partial charge in [-0.15, -0.1) is 0 Å². The first-order valence-corrected chi connectivity index (χ1v) is 13.1. The second-order valence-electron chi connectivity index (χ2n) is 9.42. The summed E-state index contributed by atoms with van der Waals surface area (Å²) in [6.07, 6.45) is 0. The first-order valence-electron chi connectivity index (χ1n) is 12.3. The number of nitrogens with zero attached hydrogens (tertiary/aromatic N) is 2. The van der Waals surface area contributed by atoms with Crippen LogP contribution < -0.4 is 9.64 Å². The van der Waals surface area contributed by atoms with Gasteiger partial charge in [0.1, 0.15) is 11.5 Å². The molecule has 37 heavy (non-hydrogen) atoms. The maximum absolute atomic E-state index is 13.5. The summed E-state index contributed by atoms with van der Waals surface area (Å²) in [4.78, 5) is 33.0. The van der Waals surface area contributed by atoms with Crippen molar-refractivity contribution in [1.82, 2.24) is 4.98 Å². The van der Waals surface area contributed by atoms with Crippen LogP contribution in [0, 0.1) is 6.92 Å². The average molecular weight is 513 g/mol. The zero-order chi connectivity index (χ0) is 26.3. The highest BCUT2D eigenvalue weighted by molar-refractivity contribution is 7.22. The quantitative estimate of drug-likeness (QED) is 0.176. The number of aliphatic hydroxyl groups is 1. The lowest BCUT2D eigenvalue weighted by atomic mass is 9.93. The van der Waals surface area contributed by atoms with Crippen molar-refractivity contribution in [1.29, 1.82) is 0 Å². The van der Waals surface area contributed by atoms with Crippen molar-refractivity contribution < 1.29 is 19.4 Å². The van der Waals surface area contributed by atoms with Crippen LogP contribution in [0.5, 0.6) is 5.75 Å². The van der Waals surface area contributed by atoms with E-state index in [2.05, 4.69) is 13.8 Å². The van der Waals surface area contributed by atoms with Gasteiger partial charge in [-0.05, 0) is 72.9 Å². The molecule has 1 saturated heterocycles. The Bertz CT molecular complexity index is 1520. The fraction of sp³-hybridized carbons (Fsp3) is 0.233. The van der Waals surface area contributed by atoms with Crippen LogP contribution in [0.4, 0.5) is 5.13 Å². The standard InChI is InChI=1S/C30H28N2O4S/c1-5-36-22-13-11-21(12-14-22)27(33)25-26(20-9-7-19(8-10-20)17(2)3)32(29(35)28(25)34)30-31-23-15-6-18(4)16-24(23)37-30/h6-17,26,33H,5H2,1-4H3/b27-25+/t26-/m0/s1. The molecule has 0 bridgehead atoms. The van der Waals surface area contributed by atoms with Gasteiger partial charge in [-0.3, -0.25) is 14.5 Å². The van der Waals surface area contributed by atoms with E-state index in [0.29, 0.717) is 29.0 Å². The van der Waals surface area contributed by atoms with Crippen LogP contribution in [-0.4, -0.2) is 28.4 Å². The Kier molecular flexibility index (Phi) is 6.56. The molecule has 0 spiro atoms. The van der Waals surface area contributed by atoms with Gasteiger partial charge in [-0.25, -0.2) is 4.98 Å². The molecule has 0 saturated carbocycles. The molecule has 7 heteroatoms. The Morgan fingerprint density at radius 2 is 1.76 bits per heavy atom. The largest absolute Gasteiger partial charge is 0.507 e. The van der Waals surface area contributed by atoms with Crippen molar-refractivity contribution in [2.24, 2.45) is 0 Å². The number of ether oxygens (including phenoxy) is 1. The summed E-state index contributed by atoms with van der Waals surface area (Å²) in [6.45, 7) is 8.62. The van der Waals surface area contributed by atoms with E-state index in [0.717, 1.165) is 26.9 Å². The van der Waals surface area contributed by atoms with Crippen LogP contribution in [0.2, 0.25) is 0 Å². The van der Waals surface area contributed by atoms with Gasteiger partial charge in [0, 0.05) is 5.56 Å². The predicted octanol–water partition coefficient (Wildman–Crippen LogP) is 6.75. The number of rotatable bonds is 6. The number of ketones is 1. The molecule has 4 aromatic rings. The van der Waals surface area contributed by atoms with E-state index in [1.807, 2.05) is 56.3 Å². The minimum absolute atomic E-state index is 0.0434. The second-order valence-corrected chi connectivity index (χ2v) is 10.4. The SMILES string of the molecule is CCOc1ccc(/C(O)=C2\C(=O)C(=O)N(c3nc4ccc(C)cc4s3)[C@H]2c2ccc(C(C)C)cc2)cc1. The lowest BCUT2D eigenvalue weighted by Crippen LogP contribution is -2.29. The summed E-state index contributed by atoms with van der Waals surface area (Å²) < 4.78 is 6.43. The molecular formula is C30H28N2O4S. The third kappa shape index (κ3) is 4.51. The molecule has 5 rings (SSSR count). The number of aromatic nitrogens is 1. The number of hydrogen-bond acceptors (Lipinski definition) is 6. The molecule has 188 valence electrons. The summed E-state index contributed by atoms with van der Waals surface area (Å²) in [7, 11) is 0. The van der Waals surface area contributed by atoms with Crippen molar-refractivity contribution in [2.75, 3.05) is 11.5 Å². The Hall–Kier alpha value is -3.97. The predicted molar refractivity (Wildman–Crippen MR) is 147 cm³/mol. The van der Waals surface area contributed by atoms with Gasteiger partial charge < -0.3 is 9.84 Å². The molecule has 1 aliphatic rings. The first kappa shape index (κ1) is 24.7. The molecule has 2 heterocycles. The molecule has 1 aliphatic heterocycles. The molecule has 1 N–H and O–H groups in total. The highest BCUT2D eigenvalue weighted by Crippen LogP contribution is 2.44. The number of hydrogen-bond donors (Lipinski definition) is 1. The van der Waals surface area contributed by atoms with Gasteiger partial charge in [-0.2, -0.15) is 0 Å². The lowest BCUT2D eigenvalue weighted by Gasteiger charge is -2.23. The van der Waals surface area contributed by atoms with E-state index in [9.17, 15) is 14.7 Å². The van der Waals surface area contributed by atoms with Crippen molar-refractivity contribution >= 4 is 44.1 Å². The number of anilines is 1. The van der Waals surface area contributed by atoms with Gasteiger partial charge >= 0.3 is 5.91 Å². The molecule has 6 nitrogen and oxygen atoms in total. The molecule has 0 aliphatic carbocycles. The van der Waals surface area contributed by atoms with E-state index in [1.54, 1.807) is 24.3 Å². The smallest absolute Gasteiger partial charge is 0.301 e. The summed E-state index contributed by atoms with van der Waals surface area (Å²) >= 11 is 1.36. The Balaban J connectivity index is 1.68. The Morgan fingerprint density at radius 3 is 2.41 bits per heavy atom. The minimum Gasteiger partial charge on any atom is -0.507 e. The number of carbonyl (C=O) groups excluding carboxylic acids is 2. The van der Waals surface area contributed by atoms with E-state index < -0.39 is 17.7 Å². The van der Waals surface area contributed by atoms with Gasteiger partial charge in [-0.1, -0.05) is 55.5 Å². The maximum Gasteiger partial charge on any atom is 0.301 e. The average Bonchev–Trinajstić information content (AvgIpc) is 3.42. The number of Topliss-reactive ketones (excluding diaryl/α,β-unsaturated/α-hetero) is 1. The first-order chi connectivity index (χ1) is 17.8. The third-order valence-electron chi connectivity index (χ3n) is 6.54. The topological polar surface area (TPSA) is 79.7 Å². The number of aryl methyl sites for hydroxylation is 1. The van der Waals surface area contributed by atoms with E-state index in [4.69, 9.17) is 9.72 Å². The summed E-state index contributed by atoms with van der Waals surface area (Å²) in [6, 6.07) is 19.8. The van der Waals surface area contributed by atoms with E-state index >= 15 is 0 Å². The zero-order valence-electron chi connectivity index (χ0n) is 21.2. The zero-order valence-corrected chi connectivity index (χ0v) is 22.0. The number of benzene rings is 3. The normalized spacial score (nSPS) is 17.2. The van der Waals surface area contributed by atoms with Crippen molar-refractivity contribution in [3.63, 3.8) is 0 Å². The third-order valence-corrected chi connectivity index (χ3v) is 7.56. The minimum atomic E-state index is -0.811. The summed E-state index contributed by atoms with van der Waals surface area (Å²) in [5.41, 5.74) is 4.19. The van der Waals surface area contributed by atoms with Gasteiger partial charge in [0.2, 0.25) is 0 Å². The number of fused-ring (bicyclic) bond motifs is 1. The molecular weight excluding hydrogens is 484 g/mol. The van der Waals surface area contributed by atoms with Crippen molar-refractivity contribution in [3.8, 4) is 5.75 Å². The summed E-state index contributed by atoms with van der Waals surface area (Å²) in [5.74, 6) is -0.679. The summed E-state index contributed by atoms with van der Waals surface area (Å²) in [5, 5.41) is 11.8. The maximum atomic E-state index is 13.5. The molecule has 1 fully saturated rings. The highest BCUT2D eigenvalue weighted by Gasteiger charge is 2.48. The fourth-order valence-electron chi connectivity index (χ4n) is 4.56. The monoisotopic (exact) mass is 512 g/mol. The Morgan fingerprint density at radius 1 is 1.05 bits per heavy atom. The van der Waals surface area contributed by atoms with Crippen LogP contribution in [-0.2, 0) is 9.59 Å². The number of thiazole rings is 1. The van der Waals surface area contributed by atoms with Crippen LogP contribution in [0.1, 0.15) is 55.0 Å². The van der Waals surface area contributed by atoms with E-state index in [-0.39, 0.29) is 11.3 Å². The Labute approximate surface area is 219 Å². The molecule has 1 amide bonds. The molecule has 0 unspecified atom stereocenters. The van der Waals surface area contributed by atoms with E-state index in [1.165, 1.54) is 16.2 Å². The van der Waals surface area contributed by atoms with Crippen LogP contribution in [0.3, 0.4) is 0 Å². The van der Waals surface area contributed by atoms with Crippen molar-refractivity contribution in [3.05, 3.63) is 94.6 Å².